The Morgan fingerprint density at radius 2 is 1.66 bits per heavy atom. The SMILES string of the molecule is F.O=C(Nc1cccc(F)c1)N1CCN(Cc2ccccc2N2CCCC2)CC1. The maximum Gasteiger partial charge on any atom is 0.321 e. The summed E-state index contributed by atoms with van der Waals surface area (Å²) in [5.41, 5.74) is 3.21. The van der Waals surface area contributed by atoms with E-state index in [0.717, 1.165) is 32.7 Å². The molecule has 7 heteroatoms. The molecule has 0 spiro atoms. The van der Waals surface area contributed by atoms with E-state index < -0.39 is 0 Å². The van der Waals surface area contributed by atoms with Crippen molar-refractivity contribution in [2.24, 2.45) is 0 Å². The van der Waals surface area contributed by atoms with E-state index in [0.29, 0.717) is 18.8 Å². The van der Waals surface area contributed by atoms with Gasteiger partial charge in [-0.05, 0) is 42.7 Å². The van der Waals surface area contributed by atoms with Gasteiger partial charge in [0.2, 0.25) is 0 Å². The van der Waals surface area contributed by atoms with Crippen LogP contribution in [-0.4, -0.2) is 55.1 Å². The number of nitrogens with zero attached hydrogens (tertiary/aromatic N) is 3. The van der Waals surface area contributed by atoms with Crippen molar-refractivity contribution in [3.05, 3.63) is 59.9 Å². The molecule has 2 saturated heterocycles. The van der Waals surface area contributed by atoms with Gasteiger partial charge < -0.3 is 15.1 Å². The highest BCUT2D eigenvalue weighted by Gasteiger charge is 2.23. The molecule has 0 aromatic heterocycles. The van der Waals surface area contributed by atoms with E-state index >= 15 is 0 Å². The Kier molecular flexibility index (Phi) is 7.04. The maximum atomic E-state index is 13.3. The van der Waals surface area contributed by atoms with Crippen LogP contribution in [0, 0.1) is 5.82 Å². The summed E-state index contributed by atoms with van der Waals surface area (Å²) in [4.78, 5) is 19.1. The average molecular weight is 402 g/mol. The largest absolute Gasteiger partial charge is 0.371 e. The van der Waals surface area contributed by atoms with Crippen LogP contribution in [0.5, 0.6) is 0 Å². The van der Waals surface area contributed by atoms with Gasteiger partial charge in [0.1, 0.15) is 5.82 Å². The van der Waals surface area contributed by atoms with E-state index in [1.54, 1.807) is 17.0 Å². The van der Waals surface area contributed by atoms with E-state index in [4.69, 9.17) is 0 Å². The molecule has 0 radical (unpaired) electrons. The normalized spacial score (nSPS) is 17.1. The van der Waals surface area contributed by atoms with Crippen LogP contribution in [0.25, 0.3) is 0 Å². The Labute approximate surface area is 170 Å². The fraction of sp³-hybridized carbons (Fsp3) is 0.409. The molecule has 2 amide bonds. The number of halogens is 2. The molecule has 2 aliphatic rings. The predicted octanol–water partition coefficient (Wildman–Crippen LogP) is 3.93. The number of nitrogens with one attached hydrogen (secondary N) is 1. The second kappa shape index (κ2) is 9.69. The summed E-state index contributed by atoms with van der Waals surface area (Å²) in [7, 11) is 0. The maximum absolute atomic E-state index is 13.3. The molecule has 1 N–H and O–H groups in total. The van der Waals surface area contributed by atoms with Gasteiger partial charge in [0.15, 0.2) is 0 Å². The Bertz CT molecular complexity index is 818. The number of para-hydroxylation sites is 1. The lowest BCUT2D eigenvalue weighted by Crippen LogP contribution is -2.49. The summed E-state index contributed by atoms with van der Waals surface area (Å²) in [6, 6.07) is 14.5. The highest BCUT2D eigenvalue weighted by atomic mass is 19.1. The molecule has 2 aromatic rings. The molecule has 0 saturated carbocycles. The summed E-state index contributed by atoms with van der Waals surface area (Å²) >= 11 is 0. The zero-order chi connectivity index (χ0) is 19.3. The van der Waals surface area contributed by atoms with Crippen molar-refractivity contribution >= 4 is 17.4 Å². The van der Waals surface area contributed by atoms with Crippen LogP contribution >= 0.6 is 0 Å². The van der Waals surface area contributed by atoms with Gasteiger partial charge in [-0.25, -0.2) is 9.18 Å². The van der Waals surface area contributed by atoms with Gasteiger partial charge >= 0.3 is 6.03 Å². The molecule has 2 fully saturated rings. The lowest BCUT2D eigenvalue weighted by molar-refractivity contribution is 0.143. The Hall–Kier alpha value is -2.67. The van der Waals surface area contributed by atoms with Crippen molar-refractivity contribution < 1.29 is 13.9 Å². The van der Waals surface area contributed by atoms with Crippen molar-refractivity contribution in [1.82, 2.24) is 9.80 Å². The van der Waals surface area contributed by atoms with Crippen LogP contribution in [-0.2, 0) is 6.54 Å². The lowest BCUT2D eigenvalue weighted by Gasteiger charge is -2.35. The van der Waals surface area contributed by atoms with E-state index in [2.05, 4.69) is 39.4 Å². The van der Waals surface area contributed by atoms with Crippen molar-refractivity contribution in [3.8, 4) is 0 Å². The first-order valence-corrected chi connectivity index (χ1v) is 10.1. The number of piperazine rings is 1. The van der Waals surface area contributed by atoms with E-state index in [-0.39, 0.29) is 16.6 Å². The number of hydrogen-bond donors (Lipinski definition) is 1. The highest BCUT2D eigenvalue weighted by molar-refractivity contribution is 5.89. The zero-order valence-electron chi connectivity index (χ0n) is 16.5. The first-order chi connectivity index (χ1) is 13.7. The molecule has 29 heavy (non-hydrogen) atoms. The molecule has 0 unspecified atom stereocenters. The minimum absolute atomic E-state index is 0. The number of rotatable bonds is 4. The number of urea groups is 1. The van der Waals surface area contributed by atoms with Crippen molar-refractivity contribution in [1.29, 1.82) is 0 Å². The highest BCUT2D eigenvalue weighted by Crippen LogP contribution is 2.26. The molecular weight excluding hydrogens is 374 g/mol. The molecule has 2 aliphatic heterocycles. The molecular formula is C22H28F2N4O. The fourth-order valence-corrected chi connectivity index (χ4v) is 4.03. The average Bonchev–Trinajstić information content (AvgIpc) is 3.24. The molecule has 2 aromatic carbocycles. The summed E-state index contributed by atoms with van der Waals surface area (Å²) < 4.78 is 13.3. The van der Waals surface area contributed by atoms with Gasteiger partial charge in [0.25, 0.3) is 0 Å². The summed E-state index contributed by atoms with van der Waals surface area (Å²) in [5.74, 6) is -0.348. The van der Waals surface area contributed by atoms with Crippen LogP contribution < -0.4 is 10.2 Å². The monoisotopic (exact) mass is 402 g/mol. The number of carbonyl (C=O) groups is 1. The summed E-state index contributed by atoms with van der Waals surface area (Å²) in [5, 5.41) is 2.78. The third-order valence-corrected chi connectivity index (χ3v) is 5.57. The van der Waals surface area contributed by atoms with Gasteiger partial charge in [0, 0.05) is 57.2 Å². The molecule has 4 rings (SSSR count). The molecule has 0 aliphatic carbocycles. The number of amides is 2. The van der Waals surface area contributed by atoms with Gasteiger partial charge in [-0.1, -0.05) is 24.3 Å². The third-order valence-electron chi connectivity index (χ3n) is 5.57. The lowest BCUT2D eigenvalue weighted by atomic mass is 10.1. The van der Waals surface area contributed by atoms with E-state index in [1.165, 1.54) is 36.2 Å². The number of hydrogen-bond acceptors (Lipinski definition) is 3. The Morgan fingerprint density at radius 3 is 2.38 bits per heavy atom. The molecule has 5 nitrogen and oxygen atoms in total. The molecule has 2 heterocycles. The molecule has 0 atom stereocenters. The first-order valence-electron chi connectivity index (χ1n) is 10.1. The number of benzene rings is 2. The van der Waals surface area contributed by atoms with Crippen molar-refractivity contribution in [2.45, 2.75) is 19.4 Å². The second-order valence-electron chi connectivity index (χ2n) is 7.53. The molecule has 0 bridgehead atoms. The van der Waals surface area contributed by atoms with Crippen LogP contribution in [0.1, 0.15) is 18.4 Å². The van der Waals surface area contributed by atoms with E-state index in [1.807, 2.05) is 0 Å². The minimum atomic E-state index is -0.348. The topological polar surface area (TPSA) is 38.8 Å². The number of anilines is 2. The second-order valence-corrected chi connectivity index (χ2v) is 7.53. The molecule has 156 valence electrons. The fourth-order valence-electron chi connectivity index (χ4n) is 4.03. The van der Waals surface area contributed by atoms with Gasteiger partial charge in [-0.15, -0.1) is 0 Å². The zero-order valence-corrected chi connectivity index (χ0v) is 16.5. The summed E-state index contributed by atoms with van der Waals surface area (Å²) in [6.07, 6.45) is 2.54. The smallest absolute Gasteiger partial charge is 0.321 e. The van der Waals surface area contributed by atoms with Crippen LogP contribution in [0.4, 0.5) is 25.3 Å². The summed E-state index contributed by atoms with van der Waals surface area (Å²) in [6.45, 7) is 6.22. The van der Waals surface area contributed by atoms with E-state index in [9.17, 15) is 9.18 Å². The minimum Gasteiger partial charge on any atom is -0.371 e. The van der Waals surface area contributed by atoms with Crippen LogP contribution in [0.3, 0.4) is 0 Å². The first kappa shape index (κ1) is 21.0. The van der Waals surface area contributed by atoms with Crippen molar-refractivity contribution in [2.75, 3.05) is 49.5 Å². The number of carbonyl (C=O) groups excluding carboxylic acids is 1. The van der Waals surface area contributed by atoms with Crippen LogP contribution in [0.15, 0.2) is 48.5 Å². The van der Waals surface area contributed by atoms with Crippen molar-refractivity contribution in [3.63, 3.8) is 0 Å². The van der Waals surface area contributed by atoms with Gasteiger partial charge in [0.05, 0.1) is 0 Å². The Balaban J connectivity index is 0.00000240. The Morgan fingerprint density at radius 1 is 0.931 bits per heavy atom. The van der Waals surface area contributed by atoms with Gasteiger partial charge in [-0.2, -0.15) is 0 Å². The van der Waals surface area contributed by atoms with Gasteiger partial charge in [-0.3, -0.25) is 9.60 Å². The standard InChI is InChI=1S/C22H27FN4O.FH/c23-19-7-5-8-20(16-19)24-22(28)27-14-12-25(13-15-27)17-18-6-1-2-9-21(18)26-10-3-4-11-26;/h1-2,5-9,16H,3-4,10-15,17H2,(H,24,28);1H. The third kappa shape index (κ3) is 5.23. The predicted molar refractivity (Wildman–Crippen MR) is 113 cm³/mol. The quantitative estimate of drug-likeness (QED) is 0.842. The van der Waals surface area contributed by atoms with Crippen LogP contribution in [0.2, 0.25) is 0 Å².